The highest BCUT2D eigenvalue weighted by Gasteiger charge is 2.24. The Morgan fingerprint density at radius 3 is 0.944 bits per heavy atom. The van der Waals surface area contributed by atoms with Crippen LogP contribution in [0, 0.1) is 69.2 Å². The minimum Gasteiger partial charge on any atom is -0.310 e. The number of benzene rings is 8. The van der Waals surface area contributed by atoms with E-state index in [1.165, 1.54) is 122 Å². The first-order chi connectivity index (χ1) is 25.9. The van der Waals surface area contributed by atoms with Crippen molar-refractivity contribution < 1.29 is 0 Å². The number of fused-ring (bicyclic) bond motifs is 5. The topological polar surface area (TPSA) is 6.48 Å². The number of hydrogen-bond donors (Lipinski definition) is 0. The minimum absolute atomic E-state index is 1.17. The van der Waals surface area contributed by atoms with Crippen LogP contribution in [0.25, 0.3) is 32.3 Å². The van der Waals surface area contributed by atoms with Crippen molar-refractivity contribution in [2.24, 2.45) is 0 Å². The molecule has 2 nitrogen and oxygen atoms in total. The van der Waals surface area contributed by atoms with Crippen LogP contribution < -0.4 is 9.80 Å². The van der Waals surface area contributed by atoms with Crippen molar-refractivity contribution >= 4 is 66.4 Å². The van der Waals surface area contributed by atoms with Crippen LogP contribution >= 0.6 is 0 Å². The molecule has 0 spiro atoms. The fraction of sp³-hybridized carbons (Fsp3) is 0.192. The van der Waals surface area contributed by atoms with E-state index < -0.39 is 0 Å². The van der Waals surface area contributed by atoms with Crippen molar-refractivity contribution in [2.75, 3.05) is 9.80 Å². The molecule has 2 heteroatoms. The molecule has 0 atom stereocenters. The Hall–Kier alpha value is -5.86. The molecule has 0 aliphatic rings. The van der Waals surface area contributed by atoms with Gasteiger partial charge in [-0.1, -0.05) is 72.8 Å². The van der Waals surface area contributed by atoms with Crippen molar-refractivity contribution in [1.29, 1.82) is 0 Å². The zero-order chi connectivity index (χ0) is 38.0. The van der Waals surface area contributed by atoms with E-state index in [1.54, 1.807) is 0 Å². The Kier molecular flexibility index (Phi) is 8.81. The first kappa shape index (κ1) is 35.2. The molecule has 54 heavy (non-hydrogen) atoms. The summed E-state index contributed by atoms with van der Waals surface area (Å²) in [5.74, 6) is 0. The van der Waals surface area contributed by atoms with Crippen LogP contribution in [0.1, 0.15) is 55.6 Å². The van der Waals surface area contributed by atoms with Gasteiger partial charge in [0.25, 0.3) is 0 Å². The lowest BCUT2D eigenvalue weighted by molar-refractivity contribution is 1.21. The zero-order valence-electron chi connectivity index (χ0n) is 33.4. The molecular formula is C52H50N2. The van der Waals surface area contributed by atoms with Gasteiger partial charge in [-0.15, -0.1) is 0 Å². The molecule has 0 saturated heterocycles. The van der Waals surface area contributed by atoms with Crippen molar-refractivity contribution in [3.63, 3.8) is 0 Å². The first-order valence-electron chi connectivity index (χ1n) is 19.2. The quantitative estimate of drug-likeness (QED) is 0.159. The molecule has 0 aromatic heterocycles. The van der Waals surface area contributed by atoms with Crippen molar-refractivity contribution in [3.05, 3.63) is 177 Å². The van der Waals surface area contributed by atoms with Crippen LogP contribution in [0.3, 0.4) is 0 Å². The molecule has 8 aromatic rings. The van der Waals surface area contributed by atoms with Crippen LogP contribution in [0.15, 0.2) is 121 Å². The number of nitrogens with zero attached hydrogens (tertiary/aromatic N) is 2. The van der Waals surface area contributed by atoms with Crippen LogP contribution in [-0.4, -0.2) is 0 Å². The van der Waals surface area contributed by atoms with Crippen molar-refractivity contribution in [1.82, 2.24) is 0 Å². The lowest BCUT2D eigenvalue weighted by Crippen LogP contribution is -2.14. The SMILES string of the molecule is Cc1ccc(N(c2cc(C)c(C)cc2C)c2cc3c4ccccc4c(N(c4ccc(C)c(C)c4)c4cc(C)c(C)cc4C)cc3c3ccccc23)cc1C. The fourth-order valence-electron chi connectivity index (χ4n) is 8.20. The predicted octanol–water partition coefficient (Wildman–Crippen LogP) is 15.2. The molecule has 8 rings (SSSR count). The van der Waals surface area contributed by atoms with Gasteiger partial charge in [0.2, 0.25) is 0 Å². The van der Waals surface area contributed by atoms with Crippen molar-refractivity contribution in [3.8, 4) is 0 Å². The van der Waals surface area contributed by atoms with Gasteiger partial charge in [0, 0.05) is 33.5 Å². The standard InChI is InChI=1S/C52H50N2/c1-31-19-21-41(25-35(31)5)53(49-27-37(7)33(3)23-39(49)9)51-29-47-44-16-12-14-18-46(44)52(30-48(47)43-15-11-13-17-45(43)51)54(42-22-20-32(2)36(6)26-42)50-28-38(8)34(4)24-40(50)10/h11-30H,1-10H3. The predicted molar refractivity (Wildman–Crippen MR) is 236 cm³/mol. The Labute approximate surface area is 321 Å². The molecular weight excluding hydrogens is 653 g/mol. The van der Waals surface area contributed by atoms with E-state index in [0.29, 0.717) is 0 Å². The lowest BCUT2D eigenvalue weighted by atomic mass is 9.92. The maximum atomic E-state index is 2.50. The molecule has 8 aromatic carbocycles. The number of aryl methyl sites for hydroxylation is 10. The Morgan fingerprint density at radius 1 is 0.241 bits per heavy atom. The van der Waals surface area contributed by atoms with Gasteiger partial charge in [-0.05, 0) is 195 Å². The van der Waals surface area contributed by atoms with Crippen LogP contribution in [0.4, 0.5) is 34.1 Å². The maximum absolute atomic E-state index is 2.50. The van der Waals surface area contributed by atoms with Gasteiger partial charge in [0.15, 0.2) is 0 Å². The Balaban J connectivity index is 1.49. The summed E-state index contributed by atoms with van der Waals surface area (Å²) in [7, 11) is 0. The van der Waals surface area contributed by atoms with Crippen molar-refractivity contribution in [2.45, 2.75) is 69.2 Å². The van der Waals surface area contributed by atoms with Gasteiger partial charge < -0.3 is 9.80 Å². The maximum Gasteiger partial charge on any atom is 0.0546 e. The molecule has 0 N–H and O–H groups in total. The molecule has 268 valence electrons. The summed E-state index contributed by atoms with van der Waals surface area (Å²) >= 11 is 0. The Bertz CT molecular complexity index is 2590. The highest BCUT2D eigenvalue weighted by atomic mass is 15.2. The second-order valence-corrected chi connectivity index (χ2v) is 15.6. The van der Waals surface area contributed by atoms with Gasteiger partial charge >= 0.3 is 0 Å². The number of anilines is 6. The second-order valence-electron chi connectivity index (χ2n) is 15.6. The molecule has 0 saturated carbocycles. The monoisotopic (exact) mass is 702 g/mol. The Morgan fingerprint density at radius 2 is 0.574 bits per heavy atom. The van der Waals surface area contributed by atoms with E-state index in [1.807, 2.05) is 0 Å². The molecule has 0 fully saturated rings. The summed E-state index contributed by atoms with van der Waals surface area (Å²) in [6.07, 6.45) is 0. The second kappa shape index (κ2) is 13.5. The van der Waals surface area contributed by atoms with Gasteiger partial charge in [-0.2, -0.15) is 0 Å². The molecule has 0 amide bonds. The highest BCUT2D eigenvalue weighted by Crippen LogP contribution is 2.49. The van der Waals surface area contributed by atoms with E-state index in [4.69, 9.17) is 0 Å². The lowest BCUT2D eigenvalue weighted by Gasteiger charge is -2.32. The largest absolute Gasteiger partial charge is 0.310 e. The normalized spacial score (nSPS) is 11.5. The molecule has 0 aliphatic carbocycles. The third-order valence-corrected chi connectivity index (χ3v) is 11.9. The third kappa shape index (κ3) is 5.91. The van der Waals surface area contributed by atoms with Crippen LogP contribution in [0.5, 0.6) is 0 Å². The van der Waals surface area contributed by atoms with Gasteiger partial charge in [-0.25, -0.2) is 0 Å². The number of rotatable bonds is 6. The summed E-state index contributed by atoms with van der Waals surface area (Å²) in [6.45, 7) is 22.2. The fourth-order valence-corrected chi connectivity index (χ4v) is 8.20. The zero-order valence-corrected chi connectivity index (χ0v) is 33.4. The minimum atomic E-state index is 1.17. The third-order valence-electron chi connectivity index (χ3n) is 11.9. The highest BCUT2D eigenvalue weighted by molar-refractivity contribution is 6.24. The average Bonchev–Trinajstić information content (AvgIpc) is 3.15. The van der Waals surface area contributed by atoms with Gasteiger partial charge in [0.1, 0.15) is 0 Å². The molecule has 0 radical (unpaired) electrons. The van der Waals surface area contributed by atoms with E-state index in [-0.39, 0.29) is 0 Å². The summed E-state index contributed by atoms with van der Waals surface area (Å²) < 4.78 is 0. The average molecular weight is 703 g/mol. The molecule has 0 heterocycles. The number of hydrogen-bond acceptors (Lipinski definition) is 2. The van der Waals surface area contributed by atoms with E-state index in [9.17, 15) is 0 Å². The van der Waals surface area contributed by atoms with E-state index in [0.717, 1.165) is 0 Å². The summed E-state index contributed by atoms with van der Waals surface area (Å²) in [5.41, 5.74) is 20.0. The van der Waals surface area contributed by atoms with Gasteiger partial charge in [0.05, 0.1) is 11.4 Å². The summed E-state index contributed by atoms with van der Waals surface area (Å²) in [4.78, 5) is 5.00. The van der Waals surface area contributed by atoms with Crippen LogP contribution in [-0.2, 0) is 0 Å². The van der Waals surface area contributed by atoms with E-state index >= 15 is 0 Å². The summed E-state index contributed by atoms with van der Waals surface area (Å²) in [6, 6.07) is 46.1. The summed E-state index contributed by atoms with van der Waals surface area (Å²) in [5, 5.41) is 7.42. The smallest absolute Gasteiger partial charge is 0.0546 e. The van der Waals surface area contributed by atoms with Crippen LogP contribution in [0.2, 0.25) is 0 Å². The van der Waals surface area contributed by atoms with Gasteiger partial charge in [-0.3, -0.25) is 0 Å². The molecule has 0 aliphatic heterocycles. The molecule has 0 bridgehead atoms. The van der Waals surface area contributed by atoms with E-state index in [2.05, 4.69) is 200 Å². The first-order valence-corrected chi connectivity index (χ1v) is 19.2. The molecule has 0 unspecified atom stereocenters.